The number of allylic oxidation sites excluding steroid dienone is 2. The Balaban J connectivity index is 4.21. The SMILES string of the molecule is CCCCC=C(CCC(C)C)CC(C)(C)C. The van der Waals surface area contributed by atoms with Crippen LogP contribution < -0.4 is 0 Å². The van der Waals surface area contributed by atoms with Crippen molar-refractivity contribution in [1.82, 2.24) is 0 Å². The highest BCUT2D eigenvalue weighted by atomic mass is 14.2. The minimum absolute atomic E-state index is 0.440. The largest absolute Gasteiger partial charge is 0.0853 e. The fourth-order valence-electron chi connectivity index (χ4n) is 1.93. The summed E-state index contributed by atoms with van der Waals surface area (Å²) in [7, 11) is 0. The van der Waals surface area contributed by atoms with E-state index in [4.69, 9.17) is 0 Å². The van der Waals surface area contributed by atoms with E-state index in [1.54, 1.807) is 5.57 Å². The van der Waals surface area contributed by atoms with Gasteiger partial charge in [-0.2, -0.15) is 0 Å². The lowest BCUT2D eigenvalue weighted by molar-refractivity contribution is 0.398. The van der Waals surface area contributed by atoms with Gasteiger partial charge in [0.25, 0.3) is 0 Å². The summed E-state index contributed by atoms with van der Waals surface area (Å²) in [6.45, 7) is 13.9. The first-order chi connectivity index (χ1) is 7.35. The molecule has 16 heavy (non-hydrogen) atoms. The Labute approximate surface area is 104 Å². The molecule has 0 aliphatic heterocycles. The molecule has 96 valence electrons. The zero-order chi connectivity index (χ0) is 12.6. The summed E-state index contributed by atoms with van der Waals surface area (Å²) in [4.78, 5) is 0. The predicted octanol–water partition coefficient (Wildman–Crippen LogP) is 5.98. The van der Waals surface area contributed by atoms with E-state index in [0.717, 1.165) is 5.92 Å². The molecule has 0 aromatic rings. The van der Waals surface area contributed by atoms with Crippen molar-refractivity contribution in [2.75, 3.05) is 0 Å². The summed E-state index contributed by atoms with van der Waals surface area (Å²) in [6.07, 6.45) is 10.4. The van der Waals surface area contributed by atoms with Crippen molar-refractivity contribution in [2.45, 2.75) is 80.1 Å². The fraction of sp³-hybridized carbons (Fsp3) is 0.875. The monoisotopic (exact) mass is 224 g/mol. The summed E-state index contributed by atoms with van der Waals surface area (Å²) < 4.78 is 0. The second-order valence-corrected chi connectivity index (χ2v) is 6.67. The van der Waals surface area contributed by atoms with E-state index in [1.807, 2.05) is 0 Å². The number of unbranched alkanes of at least 4 members (excludes halogenated alkanes) is 2. The highest BCUT2D eigenvalue weighted by Crippen LogP contribution is 2.28. The number of hydrogen-bond acceptors (Lipinski definition) is 0. The Bertz CT molecular complexity index is 191. The first-order valence-corrected chi connectivity index (χ1v) is 7.03. The van der Waals surface area contributed by atoms with Crippen LogP contribution in [0, 0.1) is 11.3 Å². The van der Waals surface area contributed by atoms with Gasteiger partial charge < -0.3 is 0 Å². The number of hydrogen-bond donors (Lipinski definition) is 0. The third kappa shape index (κ3) is 10.3. The van der Waals surface area contributed by atoms with E-state index in [-0.39, 0.29) is 0 Å². The minimum atomic E-state index is 0.440. The lowest BCUT2D eigenvalue weighted by Gasteiger charge is -2.21. The standard InChI is InChI=1S/C16H32/c1-7-8-9-10-15(12-11-14(2)3)13-16(4,5)6/h10,14H,7-9,11-13H2,1-6H3. The van der Waals surface area contributed by atoms with Crippen molar-refractivity contribution in [1.29, 1.82) is 0 Å². The quantitative estimate of drug-likeness (QED) is 0.369. The Kier molecular flexibility index (Phi) is 7.80. The summed E-state index contributed by atoms with van der Waals surface area (Å²) in [5.41, 5.74) is 2.13. The van der Waals surface area contributed by atoms with Crippen LogP contribution in [0.1, 0.15) is 80.1 Å². The Morgan fingerprint density at radius 1 is 1.19 bits per heavy atom. The van der Waals surface area contributed by atoms with Crippen LogP contribution in [0.5, 0.6) is 0 Å². The van der Waals surface area contributed by atoms with Crippen LogP contribution in [0.4, 0.5) is 0 Å². The maximum Gasteiger partial charge on any atom is -0.0271 e. The molecule has 0 aliphatic rings. The zero-order valence-electron chi connectivity index (χ0n) is 12.4. The van der Waals surface area contributed by atoms with Gasteiger partial charge in [-0.3, -0.25) is 0 Å². The average molecular weight is 224 g/mol. The summed E-state index contributed by atoms with van der Waals surface area (Å²) in [5.74, 6) is 0.828. The van der Waals surface area contributed by atoms with Crippen molar-refractivity contribution in [3.63, 3.8) is 0 Å². The molecule has 0 fully saturated rings. The van der Waals surface area contributed by atoms with E-state index >= 15 is 0 Å². The summed E-state index contributed by atoms with van der Waals surface area (Å²) >= 11 is 0. The van der Waals surface area contributed by atoms with E-state index in [9.17, 15) is 0 Å². The van der Waals surface area contributed by atoms with Gasteiger partial charge in [-0.15, -0.1) is 0 Å². The first-order valence-electron chi connectivity index (χ1n) is 7.03. The van der Waals surface area contributed by atoms with Crippen LogP contribution >= 0.6 is 0 Å². The molecule has 0 saturated heterocycles. The second kappa shape index (κ2) is 7.92. The molecule has 0 aromatic heterocycles. The molecule has 0 spiro atoms. The molecular weight excluding hydrogens is 192 g/mol. The normalized spacial score (nSPS) is 13.6. The van der Waals surface area contributed by atoms with Crippen molar-refractivity contribution in [3.05, 3.63) is 11.6 Å². The van der Waals surface area contributed by atoms with Gasteiger partial charge in [-0.1, -0.05) is 66.0 Å². The fourth-order valence-corrected chi connectivity index (χ4v) is 1.93. The van der Waals surface area contributed by atoms with Crippen LogP contribution in [0.15, 0.2) is 11.6 Å². The molecule has 0 radical (unpaired) electrons. The van der Waals surface area contributed by atoms with E-state index in [0.29, 0.717) is 5.41 Å². The summed E-state index contributed by atoms with van der Waals surface area (Å²) in [6, 6.07) is 0. The molecule has 0 heterocycles. The molecule has 0 atom stereocenters. The maximum absolute atomic E-state index is 2.51. The average Bonchev–Trinajstić information content (AvgIpc) is 2.12. The third-order valence-electron chi connectivity index (χ3n) is 2.79. The van der Waals surface area contributed by atoms with Crippen molar-refractivity contribution in [3.8, 4) is 0 Å². The van der Waals surface area contributed by atoms with Gasteiger partial charge in [-0.25, -0.2) is 0 Å². The Morgan fingerprint density at radius 3 is 2.25 bits per heavy atom. The zero-order valence-corrected chi connectivity index (χ0v) is 12.4. The van der Waals surface area contributed by atoms with E-state index < -0.39 is 0 Å². The van der Waals surface area contributed by atoms with Gasteiger partial charge in [0.15, 0.2) is 0 Å². The highest BCUT2D eigenvalue weighted by Gasteiger charge is 2.13. The van der Waals surface area contributed by atoms with Crippen molar-refractivity contribution >= 4 is 0 Å². The second-order valence-electron chi connectivity index (χ2n) is 6.67. The minimum Gasteiger partial charge on any atom is -0.0853 e. The van der Waals surface area contributed by atoms with Gasteiger partial charge >= 0.3 is 0 Å². The molecule has 0 nitrogen and oxygen atoms in total. The maximum atomic E-state index is 2.51. The lowest BCUT2D eigenvalue weighted by atomic mass is 9.85. The first kappa shape index (κ1) is 15.7. The van der Waals surface area contributed by atoms with Crippen LogP contribution in [-0.4, -0.2) is 0 Å². The molecular formula is C16H32. The van der Waals surface area contributed by atoms with Gasteiger partial charge in [0, 0.05) is 0 Å². The smallest absolute Gasteiger partial charge is 0.0271 e. The highest BCUT2D eigenvalue weighted by molar-refractivity contribution is 5.04. The molecule has 0 rings (SSSR count). The Hall–Kier alpha value is -0.260. The lowest BCUT2D eigenvalue weighted by Crippen LogP contribution is -2.07. The molecule has 0 N–H and O–H groups in total. The number of rotatable bonds is 7. The van der Waals surface area contributed by atoms with Crippen LogP contribution in [0.2, 0.25) is 0 Å². The summed E-state index contributed by atoms with van der Waals surface area (Å²) in [5, 5.41) is 0. The van der Waals surface area contributed by atoms with Crippen molar-refractivity contribution in [2.24, 2.45) is 11.3 Å². The van der Waals surface area contributed by atoms with Gasteiger partial charge in [0.2, 0.25) is 0 Å². The van der Waals surface area contributed by atoms with E-state index in [2.05, 4.69) is 47.6 Å². The van der Waals surface area contributed by atoms with Crippen molar-refractivity contribution < 1.29 is 0 Å². The molecule has 0 aliphatic carbocycles. The molecule has 0 aromatic carbocycles. The Morgan fingerprint density at radius 2 is 1.81 bits per heavy atom. The van der Waals surface area contributed by atoms with Gasteiger partial charge in [0.1, 0.15) is 0 Å². The topological polar surface area (TPSA) is 0 Å². The van der Waals surface area contributed by atoms with Crippen LogP contribution in [0.3, 0.4) is 0 Å². The molecule has 0 unspecified atom stereocenters. The van der Waals surface area contributed by atoms with Crippen LogP contribution in [0.25, 0.3) is 0 Å². The van der Waals surface area contributed by atoms with Crippen LogP contribution in [-0.2, 0) is 0 Å². The van der Waals surface area contributed by atoms with E-state index in [1.165, 1.54) is 38.5 Å². The molecule has 0 bridgehead atoms. The molecule has 0 amide bonds. The predicted molar refractivity (Wildman–Crippen MR) is 75.8 cm³/mol. The van der Waals surface area contributed by atoms with Gasteiger partial charge in [0.05, 0.1) is 0 Å². The third-order valence-corrected chi connectivity index (χ3v) is 2.79. The molecule has 0 saturated carbocycles. The van der Waals surface area contributed by atoms with Gasteiger partial charge in [-0.05, 0) is 37.0 Å². The molecule has 0 heteroatoms.